The van der Waals surface area contributed by atoms with Crippen LogP contribution in [0.3, 0.4) is 0 Å². The molecule has 3 aromatic heterocycles. The van der Waals surface area contributed by atoms with Gasteiger partial charge in [-0.05, 0) is 93.0 Å². The van der Waals surface area contributed by atoms with Crippen LogP contribution in [0, 0.1) is 0 Å². The van der Waals surface area contributed by atoms with E-state index in [1.165, 1.54) is 9.13 Å². The molecule has 0 N–H and O–H groups in total. The molecule has 0 fully saturated rings. The van der Waals surface area contributed by atoms with Crippen LogP contribution in [0.4, 0.5) is 0 Å². The summed E-state index contributed by atoms with van der Waals surface area (Å²) in [5.41, 5.74) is -3.20. The van der Waals surface area contributed by atoms with Gasteiger partial charge in [0.05, 0.1) is 10.8 Å². The summed E-state index contributed by atoms with van der Waals surface area (Å²) in [6.07, 6.45) is 5.85. The molecule has 0 aliphatic rings. The predicted octanol–water partition coefficient (Wildman–Crippen LogP) is 7.74. The molecule has 3 heterocycles. The Kier molecular flexibility index (Phi) is 6.82. The molecule has 0 saturated heterocycles. The Morgan fingerprint density at radius 1 is 0.412 bits per heavy atom. The molecule has 0 radical (unpaired) electrons. The van der Waals surface area contributed by atoms with Gasteiger partial charge in [0.2, 0.25) is 0 Å². The minimum absolute atomic E-state index is 0.0455. The summed E-state index contributed by atoms with van der Waals surface area (Å²) in [5.74, 6) is 0. The lowest BCUT2D eigenvalue weighted by Crippen LogP contribution is -2.37. The second kappa shape index (κ2) is 11.0. The normalized spacial score (nSPS) is 13.0. The van der Waals surface area contributed by atoms with Crippen molar-refractivity contribution >= 4 is 86.2 Å². The van der Waals surface area contributed by atoms with Crippen LogP contribution in [0.5, 0.6) is 0 Å². The maximum atomic E-state index is 14.5. The van der Waals surface area contributed by atoms with E-state index in [0.29, 0.717) is 90.3 Å². The van der Waals surface area contributed by atoms with Gasteiger partial charge in [-0.25, -0.2) is 9.59 Å². The van der Waals surface area contributed by atoms with E-state index >= 15 is 0 Å². The van der Waals surface area contributed by atoms with Crippen molar-refractivity contribution in [3.63, 3.8) is 0 Å². The zero-order valence-electron chi connectivity index (χ0n) is 29.0. The van der Waals surface area contributed by atoms with E-state index in [1.54, 1.807) is 24.3 Å². The van der Waals surface area contributed by atoms with Crippen molar-refractivity contribution in [3.05, 3.63) is 98.7 Å². The van der Waals surface area contributed by atoms with Crippen molar-refractivity contribution in [1.82, 2.24) is 9.13 Å². The highest BCUT2D eigenvalue weighted by Crippen LogP contribution is 2.50. The molecule has 0 saturated carbocycles. The van der Waals surface area contributed by atoms with E-state index in [4.69, 9.17) is 4.42 Å². The lowest BCUT2D eigenvalue weighted by Gasteiger charge is -2.24. The fourth-order valence-electron chi connectivity index (χ4n) is 9.57. The molecule has 0 unspecified atom stereocenters. The van der Waals surface area contributed by atoms with Crippen LogP contribution >= 0.6 is 0 Å². The second-order valence-corrected chi connectivity index (χ2v) is 14.4. The molecule has 0 aliphatic carbocycles. The maximum Gasteiger partial charge on any atom is 0.347 e. The van der Waals surface area contributed by atoms with Gasteiger partial charge in [-0.1, -0.05) is 65.5 Å². The monoisotopic (exact) mass is 680 g/mol. The van der Waals surface area contributed by atoms with Crippen molar-refractivity contribution in [1.29, 1.82) is 0 Å². The number of aromatic nitrogens is 2. The van der Waals surface area contributed by atoms with Gasteiger partial charge in [0.25, 0.3) is 22.2 Å². The van der Waals surface area contributed by atoms with Crippen LogP contribution in [0.2, 0.25) is 0 Å². The Bertz CT molecular complexity index is 3000. The fraction of sp³-hybridized carbons (Fsp3) is 0.333. The van der Waals surface area contributed by atoms with Gasteiger partial charge in [0, 0.05) is 44.4 Å². The first kappa shape index (κ1) is 31.5. The number of benzene rings is 6. The molecular weight excluding hydrogens is 644 g/mol. The first-order chi connectivity index (χ1) is 24.7. The van der Waals surface area contributed by atoms with E-state index in [2.05, 4.69) is 0 Å². The van der Waals surface area contributed by atoms with Crippen molar-refractivity contribution in [3.8, 4) is 0 Å². The van der Waals surface area contributed by atoms with E-state index in [1.807, 2.05) is 39.8 Å². The molecule has 9 heteroatoms. The van der Waals surface area contributed by atoms with Crippen LogP contribution < -0.4 is 33.5 Å². The third-order valence-electron chi connectivity index (χ3n) is 11.5. The highest BCUT2D eigenvalue weighted by Gasteiger charge is 2.30. The average Bonchev–Trinajstić information content (AvgIpc) is 3.42. The summed E-state index contributed by atoms with van der Waals surface area (Å²) >= 11 is 0. The highest BCUT2D eigenvalue weighted by atomic mass is 16.4. The van der Waals surface area contributed by atoms with Crippen molar-refractivity contribution in [2.45, 2.75) is 91.1 Å². The predicted molar refractivity (Wildman–Crippen MR) is 206 cm³/mol. The third kappa shape index (κ3) is 3.86. The van der Waals surface area contributed by atoms with Crippen LogP contribution in [0.25, 0.3) is 86.2 Å². The molecule has 6 aromatic carbocycles. The SMILES string of the molecule is CCCC(CCC)n1c(=O)c2ccc3c4ccc5c(=O)n(C(CCC)CCC)c(=O)c6cc7c8c(=O)oc(=O)c8c8cc(c1=O)c2c3c8c7c4c56. The number of hydrogen-bond acceptors (Lipinski definition) is 7. The van der Waals surface area contributed by atoms with E-state index < -0.39 is 22.4 Å². The zero-order valence-corrected chi connectivity index (χ0v) is 29.0. The highest BCUT2D eigenvalue weighted by molar-refractivity contribution is 6.48. The van der Waals surface area contributed by atoms with E-state index in [-0.39, 0.29) is 34.0 Å². The molecule has 0 bridgehead atoms. The lowest BCUT2D eigenvalue weighted by molar-refractivity contribution is 0.410. The summed E-state index contributed by atoms with van der Waals surface area (Å²) < 4.78 is 8.04. The van der Waals surface area contributed by atoms with Crippen LogP contribution in [-0.2, 0) is 0 Å². The first-order valence-electron chi connectivity index (χ1n) is 18.2. The minimum atomic E-state index is -0.824. The molecule has 256 valence electrons. The van der Waals surface area contributed by atoms with Crippen LogP contribution in [0.15, 0.2) is 69.6 Å². The average molecular weight is 681 g/mol. The first-order valence-corrected chi connectivity index (χ1v) is 18.2. The topological polar surface area (TPSA) is 125 Å². The Balaban J connectivity index is 1.59. The molecule has 0 amide bonds. The van der Waals surface area contributed by atoms with Crippen molar-refractivity contribution < 1.29 is 4.42 Å². The van der Waals surface area contributed by atoms with Crippen LogP contribution in [-0.4, -0.2) is 9.13 Å². The Morgan fingerprint density at radius 3 is 1.08 bits per heavy atom. The van der Waals surface area contributed by atoms with E-state index in [0.717, 1.165) is 36.5 Å². The van der Waals surface area contributed by atoms with Gasteiger partial charge in [-0.15, -0.1) is 0 Å². The zero-order chi connectivity index (χ0) is 35.6. The Labute approximate surface area is 289 Å². The Hall–Kier alpha value is -5.44. The molecule has 0 atom stereocenters. The van der Waals surface area contributed by atoms with Crippen molar-refractivity contribution in [2.75, 3.05) is 0 Å². The van der Waals surface area contributed by atoms with Gasteiger partial charge < -0.3 is 4.42 Å². The molecule has 0 spiro atoms. The smallest absolute Gasteiger partial charge is 0.347 e. The molecule has 9 aromatic rings. The fourth-order valence-corrected chi connectivity index (χ4v) is 9.57. The summed E-state index contributed by atoms with van der Waals surface area (Å²) in [6, 6.07) is 10.0. The van der Waals surface area contributed by atoms with Gasteiger partial charge in [0.15, 0.2) is 0 Å². The quantitative estimate of drug-likeness (QED) is 0.107. The standard InChI is InChI=1S/C42H36N2O7/c1-5-9-19(10-6-2)43-37(45)23-15-13-21-22-14-16-24-30-28(40(48)44(38(24)46)20(11-7-3)12-8-4)18-26-34(32(22)30)33-25(35-36(26)42(50)51-41(35)49)17-27(39(43)47)29(23)31(21)33/h13-20H,5-12H2,1-4H3. The molecule has 0 aliphatic heterocycles. The second-order valence-electron chi connectivity index (χ2n) is 14.4. The number of fused-ring (bicyclic) bond motifs is 4. The summed E-state index contributed by atoms with van der Waals surface area (Å²) in [7, 11) is 0. The summed E-state index contributed by atoms with van der Waals surface area (Å²) in [6.45, 7) is 8.11. The Morgan fingerprint density at radius 2 is 0.725 bits per heavy atom. The number of pyridine rings is 2. The third-order valence-corrected chi connectivity index (χ3v) is 11.5. The maximum absolute atomic E-state index is 14.5. The molecule has 9 nitrogen and oxygen atoms in total. The van der Waals surface area contributed by atoms with Crippen LogP contribution in [0.1, 0.15) is 91.1 Å². The number of rotatable bonds is 10. The number of furan rings is 1. The number of hydrogen-bond donors (Lipinski definition) is 0. The van der Waals surface area contributed by atoms with Crippen molar-refractivity contribution in [2.24, 2.45) is 0 Å². The van der Waals surface area contributed by atoms with Gasteiger partial charge >= 0.3 is 11.3 Å². The molecular formula is C42H36N2O7. The summed E-state index contributed by atoms with van der Waals surface area (Å²) in [4.78, 5) is 84.8. The molecule has 9 rings (SSSR count). The minimum Gasteiger partial charge on any atom is -0.386 e. The summed E-state index contributed by atoms with van der Waals surface area (Å²) in [5, 5.41) is 7.21. The largest absolute Gasteiger partial charge is 0.386 e. The van der Waals surface area contributed by atoms with Gasteiger partial charge in [-0.3, -0.25) is 28.3 Å². The van der Waals surface area contributed by atoms with Gasteiger partial charge in [0.1, 0.15) is 0 Å². The lowest BCUT2D eigenvalue weighted by atomic mass is 9.81. The van der Waals surface area contributed by atoms with E-state index in [9.17, 15) is 28.8 Å². The molecule has 51 heavy (non-hydrogen) atoms. The number of nitrogens with zero attached hydrogens (tertiary/aromatic N) is 2. The van der Waals surface area contributed by atoms with Gasteiger partial charge in [-0.2, -0.15) is 0 Å².